The van der Waals surface area contributed by atoms with Crippen LogP contribution in [0.5, 0.6) is 0 Å². The summed E-state index contributed by atoms with van der Waals surface area (Å²) in [4.78, 5) is 11.8. The van der Waals surface area contributed by atoms with E-state index in [0.717, 1.165) is 51.5 Å². The van der Waals surface area contributed by atoms with E-state index in [1.54, 1.807) is 0 Å². The molecular weight excluding hydrogens is 350 g/mol. The molecular formula is C21H33N7. The van der Waals surface area contributed by atoms with Crippen LogP contribution in [0.2, 0.25) is 0 Å². The predicted octanol–water partition coefficient (Wildman–Crippen LogP) is 2.61. The highest BCUT2D eigenvalue weighted by Gasteiger charge is 2.26. The molecule has 4 heterocycles. The van der Waals surface area contributed by atoms with E-state index < -0.39 is 0 Å². The molecule has 7 nitrogen and oxygen atoms in total. The summed E-state index contributed by atoms with van der Waals surface area (Å²) in [6.07, 6.45) is 12.1. The number of hydrogen-bond donors (Lipinski definition) is 0. The van der Waals surface area contributed by atoms with Crippen molar-refractivity contribution in [1.29, 1.82) is 0 Å². The van der Waals surface area contributed by atoms with Crippen molar-refractivity contribution in [3.05, 3.63) is 30.5 Å². The number of nitrogens with zero attached hydrogens (tertiary/aromatic N) is 7. The summed E-state index contributed by atoms with van der Waals surface area (Å²) in [5.41, 5.74) is 1.22. The second-order valence-electron chi connectivity index (χ2n) is 8.39. The molecule has 2 aliphatic rings. The highest BCUT2D eigenvalue weighted by molar-refractivity contribution is 5.54. The summed E-state index contributed by atoms with van der Waals surface area (Å²) in [6, 6.07) is 2.23. The van der Waals surface area contributed by atoms with Crippen LogP contribution >= 0.6 is 0 Å². The Hall–Kier alpha value is -2.15. The summed E-state index contributed by atoms with van der Waals surface area (Å²) in [5.74, 6) is 2.70. The van der Waals surface area contributed by atoms with Gasteiger partial charge in [0.1, 0.15) is 5.82 Å². The standard InChI is InChI=1S/C21H33N7/c1-25(2)9-6-13-27-14-8-22-21(27)18-7-5-12-28(17-18)20-15-19(16-23-24-20)26-10-3-4-11-26/h8,14-16,18H,3-7,9-13,17H2,1-2H3/t18-/m1/s1. The summed E-state index contributed by atoms with van der Waals surface area (Å²) in [5, 5.41) is 8.77. The van der Waals surface area contributed by atoms with Crippen molar-refractivity contribution < 1.29 is 0 Å². The lowest BCUT2D eigenvalue weighted by Gasteiger charge is -2.33. The van der Waals surface area contributed by atoms with E-state index in [4.69, 9.17) is 4.98 Å². The first-order valence-electron chi connectivity index (χ1n) is 10.7. The van der Waals surface area contributed by atoms with Crippen molar-refractivity contribution in [3.63, 3.8) is 0 Å². The molecule has 2 aromatic heterocycles. The summed E-state index contributed by atoms with van der Waals surface area (Å²) in [6.45, 7) is 6.44. The molecule has 28 heavy (non-hydrogen) atoms. The smallest absolute Gasteiger partial charge is 0.153 e. The Bertz CT molecular complexity index is 751. The maximum absolute atomic E-state index is 4.72. The van der Waals surface area contributed by atoms with Crippen LogP contribution in [0.15, 0.2) is 24.7 Å². The molecule has 0 N–H and O–H groups in total. The molecule has 0 amide bonds. The third-order valence-electron chi connectivity index (χ3n) is 5.96. The van der Waals surface area contributed by atoms with Crippen LogP contribution in [0.25, 0.3) is 0 Å². The van der Waals surface area contributed by atoms with Gasteiger partial charge in [-0.15, -0.1) is 5.10 Å². The zero-order valence-corrected chi connectivity index (χ0v) is 17.3. The molecule has 2 fully saturated rings. The van der Waals surface area contributed by atoms with E-state index in [9.17, 15) is 0 Å². The maximum atomic E-state index is 4.72. The molecule has 2 saturated heterocycles. The first-order chi connectivity index (χ1) is 13.7. The highest BCUT2D eigenvalue weighted by Crippen LogP contribution is 2.30. The lowest BCUT2D eigenvalue weighted by atomic mass is 9.97. The average molecular weight is 384 g/mol. The summed E-state index contributed by atoms with van der Waals surface area (Å²) >= 11 is 0. The molecule has 2 aromatic rings. The molecule has 4 rings (SSSR count). The monoisotopic (exact) mass is 383 g/mol. The predicted molar refractivity (Wildman–Crippen MR) is 113 cm³/mol. The molecule has 0 aromatic carbocycles. The quantitative estimate of drug-likeness (QED) is 0.733. The van der Waals surface area contributed by atoms with Gasteiger partial charge in [0.2, 0.25) is 0 Å². The number of anilines is 2. The highest BCUT2D eigenvalue weighted by atomic mass is 15.3. The van der Waals surface area contributed by atoms with Gasteiger partial charge in [-0.1, -0.05) is 0 Å². The lowest BCUT2D eigenvalue weighted by Crippen LogP contribution is -2.36. The Balaban J connectivity index is 1.44. The maximum Gasteiger partial charge on any atom is 0.153 e. The van der Waals surface area contributed by atoms with Gasteiger partial charge in [0, 0.05) is 57.1 Å². The fourth-order valence-corrected chi connectivity index (χ4v) is 4.47. The van der Waals surface area contributed by atoms with Gasteiger partial charge in [0.25, 0.3) is 0 Å². The van der Waals surface area contributed by atoms with Crippen LogP contribution in [-0.2, 0) is 6.54 Å². The first-order valence-corrected chi connectivity index (χ1v) is 10.7. The molecule has 0 radical (unpaired) electrons. The van der Waals surface area contributed by atoms with Crippen molar-refractivity contribution >= 4 is 11.5 Å². The van der Waals surface area contributed by atoms with Crippen LogP contribution in [0, 0.1) is 0 Å². The minimum Gasteiger partial charge on any atom is -0.370 e. The number of piperidine rings is 1. The van der Waals surface area contributed by atoms with E-state index in [1.807, 2.05) is 12.4 Å². The van der Waals surface area contributed by atoms with Gasteiger partial charge in [-0.3, -0.25) is 0 Å². The number of aromatic nitrogens is 4. The van der Waals surface area contributed by atoms with E-state index >= 15 is 0 Å². The SMILES string of the molecule is CN(C)CCCn1ccnc1[C@@H]1CCCN(c2cc(N3CCCC3)cnn2)C1. The number of aryl methyl sites for hydroxylation is 1. The second kappa shape index (κ2) is 8.90. The summed E-state index contributed by atoms with van der Waals surface area (Å²) < 4.78 is 2.35. The van der Waals surface area contributed by atoms with Crippen molar-refractivity contribution in [1.82, 2.24) is 24.6 Å². The molecule has 0 unspecified atom stereocenters. The van der Waals surface area contributed by atoms with Gasteiger partial charge in [-0.25, -0.2) is 4.98 Å². The molecule has 0 spiro atoms. The van der Waals surface area contributed by atoms with E-state index in [2.05, 4.69) is 55.8 Å². The normalized spacial score (nSPS) is 20.3. The van der Waals surface area contributed by atoms with Crippen molar-refractivity contribution in [3.8, 4) is 0 Å². The molecule has 0 saturated carbocycles. The van der Waals surface area contributed by atoms with Gasteiger partial charge in [-0.2, -0.15) is 5.10 Å². The van der Waals surface area contributed by atoms with Crippen molar-refractivity contribution in [2.75, 3.05) is 56.6 Å². The van der Waals surface area contributed by atoms with Crippen LogP contribution in [0.4, 0.5) is 11.5 Å². The fourth-order valence-electron chi connectivity index (χ4n) is 4.47. The van der Waals surface area contributed by atoms with Gasteiger partial charge >= 0.3 is 0 Å². The van der Waals surface area contributed by atoms with Gasteiger partial charge < -0.3 is 19.3 Å². The largest absolute Gasteiger partial charge is 0.370 e. The number of hydrogen-bond acceptors (Lipinski definition) is 6. The van der Waals surface area contributed by atoms with Crippen LogP contribution < -0.4 is 9.80 Å². The van der Waals surface area contributed by atoms with Crippen LogP contribution in [-0.4, -0.2) is 71.5 Å². The second-order valence-corrected chi connectivity index (χ2v) is 8.39. The first kappa shape index (κ1) is 19.2. The zero-order valence-electron chi connectivity index (χ0n) is 17.3. The number of rotatable bonds is 7. The molecule has 7 heteroatoms. The minimum absolute atomic E-state index is 0.459. The van der Waals surface area contributed by atoms with E-state index in [1.165, 1.54) is 37.2 Å². The zero-order chi connectivity index (χ0) is 19.3. The summed E-state index contributed by atoms with van der Waals surface area (Å²) in [7, 11) is 4.26. The molecule has 2 aliphatic heterocycles. The molecule has 0 aliphatic carbocycles. The molecule has 1 atom stereocenters. The van der Waals surface area contributed by atoms with Crippen molar-refractivity contribution in [2.45, 2.75) is 44.6 Å². The third kappa shape index (κ3) is 4.46. The fraction of sp³-hybridized carbons (Fsp3) is 0.667. The average Bonchev–Trinajstić information content (AvgIpc) is 3.40. The molecule has 0 bridgehead atoms. The Labute approximate surface area is 168 Å². The van der Waals surface area contributed by atoms with Crippen LogP contribution in [0.3, 0.4) is 0 Å². The van der Waals surface area contributed by atoms with E-state index in [-0.39, 0.29) is 0 Å². The van der Waals surface area contributed by atoms with Gasteiger partial charge in [0.05, 0.1) is 11.9 Å². The van der Waals surface area contributed by atoms with E-state index in [0.29, 0.717) is 5.92 Å². The van der Waals surface area contributed by atoms with Crippen molar-refractivity contribution in [2.24, 2.45) is 0 Å². The third-order valence-corrected chi connectivity index (χ3v) is 5.96. The van der Waals surface area contributed by atoms with Gasteiger partial charge in [-0.05, 0) is 52.7 Å². The Morgan fingerprint density at radius 1 is 1.11 bits per heavy atom. The number of imidazole rings is 1. The Morgan fingerprint density at radius 3 is 2.75 bits per heavy atom. The minimum atomic E-state index is 0.459. The molecule has 152 valence electrons. The van der Waals surface area contributed by atoms with Gasteiger partial charge in [0.15, 0.2) is 5.82 Å². The Morgan fingerprint density at radius 2 is 1.93 bits per heavy atom. The lowest BCUT2D eigenvalue weighted by molar-refractivity contribution is 0.380. The Kier molecular flexibility index (Phi) is 6.10. The van der Waals surface area contributed by atoms with Crippen LogP contribution in [0.1, 0.15) is 43.8 Å². The topological polar surface area (TPSA) is 53.3 Å².